The van der Waals surface area contributed by atoms with Gasteiger partial charge in [-0.3, -0.25) is 4.79 Å². The SMILES string of the molecule is NCC1(C(=O)NCC2CSCCS2)CCOCC1. The molecule has 3 N–H and O–H groups in total. The molecule has 6 heteroatoms. The summed E-state index contributed by atoms with van der Waals surface area (Å²) in [4.78, 5) is 12.3. The second kappa shape index (κ2) is 7.03. The fourth-order valence-corrected chi connectivity index (χ4v) is 4.95. The van der Waals surface area contributed by atoms with Gasteiger partial charge in [0.1, 0.15) is 0 Å². The molecule has 104 valence electrons. The molecular formula is C12H22N2O2S2. The van der Waals surface area contributed by atoms with E-state index in [1.807, 2.05) is 23.5 Å². The van der Waals surface area contributed by atoms with Crippen LogP contribution >= 0.6 is 23.5 Å². The van der Waals surface area contributed by atoms with Crippen molar-refractivity contribution < 1.29 is 9.53 Å². The standard InChI is InChI=1S/C12H22N2O2S2/c13-9-12(1-3-16-4-2-12)11(15)14-7-10-8-17-5-6-18-10/h10H,1-9,13H2,(H,14,15). The summed E-state index contributed by atoms with van der Waals surface area (Å²) in [5.74, 6) is 3.70. The van der Waals surface area contributed by atoms with E-state index in [4.69, 9.17) is 10.5 Å². The molecule has 2 rings (SSSR count). The minimum Gasteiger partial charge on any atom is -0.381 e. The first-order valence-electron chi connectivity index (χ1n) is 6.52. The molecule has 2 heterocycles. The number of nitrogens with two attached hydrogens (primary N) is 1. The zero-order chi connectivity index (χ0) is 12.8. The van der Waals surface area contributed by atoms with Gasteiger partial charge in [-0.05, 0) is 12.8 Å². The molecule has 0 aromatic carbocycles. The van der Waals surface area contributed by atoms with Crippen molar-refractivity contribution in [3.8, 4) is 0 Å². The molecule has 0 aromatic rings. The quantitative estimate of drug-likeness (QED) is 0.798. The van der Waals surface area contributed by atoms with Crippen LogP contribution in [0.3, 0.4) is 0 Å². The third-order valence-electron chi connectivity index (χ3n) is 3.70. The topological polar surface area (TPSA) is 64.4 Å². The van der Waals surface area contributed by atoms with Crippen LogP contribution in [0.2, 0.25) is 0 Å². The maximum Gasteiger partial charge on any atom is 0.227 e. The molecule has 4 nitrogen and oxygen atoms in total. The number of hydrogen-bond donors (Lipinski definition) is 2. The Bertz CT molecular complexity index is 277. The molecule has 0 bridgehead atoms. The Balaban J connectivity index is 1.81. The van der Waals surface area contributed by atoms with E-state index in [9.17, 15) is 4.79 Å². The molecule has 2 aliphatic heterocycles. The number of amides is 1. The fourth-order valence-electron chi connectivity index (χ4n) is 2.33. The number of carbonyl (C=O) groups is 1. The van der Waals surface area contributed by atoms with E-state index in [1.165, 1.54) is 11.5 Å². The van der Waals surface area contributed by atoms with Crippen molar-refractivity contribution in [3.63, 3.8) is 0 Å². The number of ether oxygens (including phenoxy) is 1. The normalized spacial score (nSPS) is 27.7. The van der Waals surface area contributed by atoms with Crippen LogP contribution in [-0.2, 0) is 9.53 Å². The van der Waals surface area contributed by atoms with Crippen molar-refractivity contribution in [2.75, 3.05) is 43.6 Å². The summed E-state index contributed by atoms with van der Waals surface area (Å²) in [6.07, 6.45) is 1.50. The van der Waals surface area contributed by atoms with Gasteiger partial charge in [-0.25, -0.2) is 0 Å². The molecule has 2 fully saturated rings. The summed E-state index contributed by atoms with van der Waals surface area (Å²) in [5.41, 5.74) is 5.44. The molecule has 0 aliphatic carbocycles. The Morgan fingerprint density at radius 1 is 1.39 bits per heavy atom. The summed E-state index contributed by atoms with van der Waals surface area (Å²) in [7, 11) is 0. The number of rotatable bonds is 4. The van der Waals surface area contributed by atoms with Crippen LogP contribution in [0.25, 0.3) is 0 Å². The highest BCUT2D eigenvalue weighted by Crippen LogP contribution is 2.30. The van der Waals surface area contributed by atoms with Crippen molar-refractivity contribution in [3.05, 3.63) is 0 Å². The van der Waals surface area contributed by atoms with E-state index in [-0.39, 0.29) is 11.3 Å². The van der Waals surface area contributed by atoms with Crippen LogP contribution in [0.5, 0.6) is 0 Å². The summed E-state index contributed by atoms with van der Waals surface area (Å²) in [6, 6.07) is 0. The van der Waals surface area contributed by atoms with E-state index < -0.39 is 0 Å². The lowest BCUT2D eigenvalue weighted by atomic mass is 9.79. The Kier molecular flexibility index (Phi) is 5.66. The first kappa shape index (κ1) is 14.5. The van der Waals surface area contributed by atoms with Gasteiger partial charge in [0.2, 0.25) is 5.91 Å². The number of nitrogens with one attached hydrogen (secondary N) is 1. The zero-order valence-electron chi connectivity index (χ0n) is 10.7. The lowest BCUT2D eigenvalue weighted by Gasteiger charge is -2.35. The summed E-state index contributed by atoms with van der Waals surface area (Å²) in [6.45, 7) is 2.51. The third kappa shape index (κ3) is 3.56. The highest BCUT2D eigenvalue weighted by Gasteiger charge is 2.38. The van der Waals surface area contributed by atoms with E-state index in [0.29, 0.717) is 25.0 Å². The number of thioether (sulfide) groups is 2. The molecule has 18 heavy (non-hydrogen) atoms. The Labute approximate surface area is 117 Å². The Morgan fingerprint density at radius 2 is 2.17 bits per heavy atom. The second-order valence-corrected chi connectivity index (χ2v) is 7.43. The van der Waals surface area contributed by atoms with Gasteiger partial charge < -0.3 is 15.8 Å². The van der Waals surface area contributed by atoms with Gasteiger partial charge in [0.15, 0.2) is 0 Å². The van der Waals surface area contributed by atoms with Gasteiger partial charge in [-0.15, -0.1) is 0 Å². The molecular weight excluding hydrogens is 268 g/mol. The highest BCUT2D eigenvalue weighted by atomic mass is 32.2. The molecule has 1 unspecified atom stereocenters. The molecule has 0 radical (unpaired) electrons. The van der Waals surface area contributed by atoms with Gasteiger partial charge in [0, 0.05) is 48.8 Å². The van der Waals surface area contributed by atoms with E-state index in [0.717, 1.165) is 25.1 Å². The lowest BCUT2D eigenvalue weighted by Crippen LogP contribution is -2.50. The molecule has 2 aliphatic rings. The maximum atomic E-state index is 12.3. The van der Waals surface area contributed by atoms with Crippen LogP contribution in [0, 0.1) is 5.41 Å². The fraction of sp³-hybridized carbons (Fsp3) is 0.917. The number of hydrogen-bond acceptors (Lipinski definition) is 5. The predicted octanol–water partition coefficient (Wildman–Crippen LogP) is 0.707. The molecule has 2 saturated heterocycles. The van der Waals surface area contributed by atoms with Crippen molar-refractivity contribution in [2.24, 2.45) is 11.1 Å². The summed E-state index contributed by atoms with van der Waals surface area (Å²) in [5, 5.41) is 3.66. The number of carbonyl (C=O) groups excluding carboxylic acids is 1. The van der Waals surface area contributed by atoms with E-state index >= 15 is 0 Å². The summed E-state index contributed by atoms with van der Waals surface area (Å²) >= 11 is 3.95. The van der Waals surface area contributed by atoms with Crippen LogP contribution in [0.15, 0.2) is 0 Å². The molecule has 0 aromatic heterocycles. The van der Waals surface area contributed by atoms with Crippen molar-refractivity contribution in [1.82, 2.24) is 5.32 Å². The van der Waals surface area contributed by atoms with E-state index in [2.05, 4.69) is 5.32 Å². The lowest BCUT2D eigenvalue weighted by molar-refractivity contribution is -0.135. The van der Waals surface area contributed by atoms with Gasteiger partial charge in [0.05, 0.1) is 5.41 Å². The molecule has 0 spiro atoms. The van der Waals surface area contributed by atoms with Gasteiger partial charge in [-0.2, -0.15) is 23.5 Å². The average molecular weight is 290 g/mol. The van der Waals surface area contributed by atoms with Crippen LogP contribution < -0.4 is 11.1 Å². The van der Waals surface area contributed by atoms with Crippen LogP contribution in [0.4, 0.5) is 0 Å². The molecule has 1 atom stereocenters. The van der Waals surface area contributed by atoms with Crippen molar-refractivity contribution in [1.29, 1.82) is 0 Å². The first-order chi connectivity index (χ1) is 8.77. The zero-order valence-corrected chi connectivity index (χ0v) is 12.3. The second-order valence-electron chi connectivity index (χ2n) is 4.87. The predicted molar refractivity (Wildman–Crippen MR) is 78.1 cm³/mol. The van der Waals surface area contributed by atoms with Crippen LogP contribution in [0.1, 0.15) is 12.8 Å². The molecule has 0 saturated carbocycles. The van der Waals surface area contributed by atoms with Gasteiger partial charge in [0.25, 0.3) is 0 Å². The summed E-state index contributed by atoms with van der Waals surface area (Å²) < 4.78 is 5.33. The van der Waals surface area contributed by atoms with Crippen molar-refractivity contribution >= 4 is 29.4 Å². The monoisotopic (exact) mass is 290 g/mol. The minimum atomic E-state index is -0.384. The largest absolute Gasteiger partial charge is 0.381 e. The smallest absolute Gasteiger partial charge is 0.227 e. The van der Waals surface area contributed by atoms with Crippen LogP contribution in [-0.4, -0.2) is 54.7 Å². The van der Waals surface area contributed by atoms with Crippen molar-refractivity contribution in [2.45, 2.75) is 18.1 Å². The molecule has 1 amide bonds. The third-order valence-corrected chi connectivity index (χ3v) is 6.54. The van der Waals surface area contributed by atoms with Gasteiger partial charge >= 0.3 is 0 Å². The highest BCUT2D eigenvalue weighted by molar-refractivity contribution is 8.06. The van der Waals surface area contributed by atoms with E-state index in [1.54, 1.807) is 0 Å². The Morgan fingerprint density at radius 3 is 2.78 bits per heavy atom. The van der Waals surface area contributed by atoms with Gasteiger partial charge in [-0.1, -0.05) is 0 Å². The first-order valence-corrected chi connectivity index (χ1v) is 8.73. The maximum absolute atomic E-state index is 12.3. The Hall–Kier alpha value is 0.0900. The average Bonchev–Trinajstić information content (AvgIpc) is 2.46. The minimum absolute atomic E-state index is 0.129.